The SMILES string of the molecule is COc1cccc(Cl)c1CNC(=O)c1cn(C2CCNCC2)nn1. The third kappa shape index (κ3) is 3.68. The quantitative estimate of drug-likeness (QED) is 0.860. The largest absolute Gasteiger partial charge is 0.496 e. The number of carbonyl (C=O) groups is 1. The van der Waals surface area contributed by atoms with E-state index >= 15 is 0 Å². The summed E-state index contributed by atoms with van der Waals surface area (Å²) in [6, 6.07) is 5.67. The van der Waals surface area contributed by atoms with Crippen LogP contribution in [0.5, 0.6) is 5.75 Å². The Morgan fingerprint density at radius 2 is 2.25 bits per heavy atom. The molecular weight excluding hydrogens is 330 g/mol. The lowest BCUT2D eigenvalue weighted by molar-refractivity contribution is 0.0945. The normalized spacial score (nSPS) is 15.2. The summed E-state index contributed by atoms with van der Waals surface area (Å²) in [5.74, 6) is 0.360. The van der Waals surface area contributed by atoms with E-state index in [1.54, 1.807) is 36.2 Å². The maximum atomic E-state index is 12.3. The third-order valence-corrected chi connectivity index (χ3v) is 4.50. The molecule has 1 amide bonds. The summed E-state index contributed by atoms with van der Waals surface area (Å²) in [4.78, 5) is 12.3. The first-order valence-electron chi connectivity index (χ1n) is 7.91. The van der Waals surface area contributed by atoms with Crippen LogP contribution in [-0.2, 0) is 6.54 Å². The highest BCUT2D eigenvalue weighted by Gasteiger charge is 2.19. The van der Waals surface area contributed by atoms with Crippen molar-refractivity contribution in [3.05, 3.63) is 40.7 Å². The number of ether oxygens (including phenoxy) is 1. The number of methoxy groups -OCH3 is 1. The van der Waals surface area contributed by atoms with Gasteiger partial charge in [0.1, 0.15) is 5.75 Å². The van der Waals surface area contributed by atoms with Crippen LogP contribution >= 0.6 is 11.6 Å². The van der Waals surface area contributed by atoms with Gasteiger partial charge in [-0.15, -0.1) is 5.10 Å². The first-order chi connectivity index (χ1) is 11.7. The van der Waals surface area contributed by atoms with Crippen molar-refractivity contribution in [1.29, 1.82) is 0 Å². The van der Waals surface area contributed by atoms with E-state index in [1.165, 1.54) is 0 Å². The second-order valence-electron chi connectivity index (χ2n) is 5.67. The number of nitrogens with one attached hydrogen (secondary N) is 2. The molecule has 0 atom stereocenters. The van der Waals surface area contributed by atoms with Crippen LogP contribution in [0, 0.1) is 0 Å². The van der Waals surface area contributed by atoms with Gasteiger partial charge in [0.2, 0.25) is 0 Å². The Balaban J connectivity index is 1.64. The molecule has 2 aromatic rings. The van der Waals surface area contributed by atoms with Gasteiger partial charge in [-0.25, -0.2) is 4.68 Å². The van der Waals surface area contributed by atoms with Crippen molar-refractivity contribution in [2.45, 2.75) is 25.4 Å². The van der Waals surface area contributed by atoms with E-state index in [1.807, 2.05) is 0 Å². The summed E-state index contributed by atoms with van der Waals surface area (Å²) in [6.07, 6.45) is 3.68. The molecule has 1 aliphatic heterocycles. The van der Waals surface area contributed by atoms with Crippen molar-refractivity contribution in [1.82, 2.24) is 25.6 Å². The molecule has 0 aliphatic carbocycles. The van der Waals surface area contributed by atoms with E-state index in [9.17, 15) is 4.79 Å². The molecule has 0 spiro atoms. The highest BCUT2D eigenvalue weighted by Crippen LogP contribution is 2.26. The molecule has 0 unspecified atom stereocenters. The maximum absolute atomic E-state index is 12.3. The number of halogens is 1. The Hall–Kier alpha value is -2.12. The zero-order valence-corrected chi connectivity index (χ0v) is 14.2. The molecule has 1 fully saturated rings. The fraction of sp³-hybridized carbons (Fsp3) is 0.438. The van der Waals surface area contributed by atoms with Gasteiger partial charge in [-0.05, 0) is 38.1 Å². The van der Waals surface area contributed by atoms with Crippen molar-refractivity contribution >= 4 is 17.5 Å². The number of hydrogen-bond donors (Lipinski definition) is 2. The lowest BCUT2D eigenvalue weighted by atomic mass is 10.1. The van der Waals surface area contributed by atoms with Gasteiger partial charge in [-0.1, -0.05) is 22.9 Å². The van der Waals surface area contributed by atoms with E-state index < -0.39 is 0 Å². The lowest BCUT2D eigenvalue weighted by Crippen LogP contribution is -2.29. The highest BCUT2D eigenvalue weighted by atomic mass is 35.5. The van der Waals surface area contributed by atoms with E-state index in [4.69, 9.17) is 16.3 Å². The number of amides is 1. The van der Waals surface area contributed by atoms with Crippen LogP contribution in [-0.4, -0.2) is 41.1 Å². The number of aromatic nitrogens is 3. The van der Waals surface area contributed by atoms with Crippen LogP contribution in [0.1, 0.15) is 34.9 Å². The zero-order chi connectivity index (χ0) is 16.9. The second-order valence-corrected chi connectivity index (χ2v) is 6.08. The van der Waals surface area contributed by atoms with Gasteiger partial charge in [0.05, 0.1) is 19.3 Å². The molecule has 7 nitrogen and oxygen atoms in total. The molecule has 0 bridgehead atoms. The molecule has 0 saturated carbocycles. The van der Waals surface area contributed by atoms with Gasteiger partial charge in [0.25, 0.3) is 5.91 Å². The molecule has 0 radical (unpaired) electrons. The number of rotatable bonds is 5. The Labute approximate surface area is 145 Å². The van der Waals surface area contributed by atoms with Crippen molar-refractivity contribution in [2.24, 2.45) is 0 Å². The van der Waals surface area contributed by atoms with Crippen LogP contribution in [0.2, 0.25) is 5.02 Å². The topological polar surface area (TPSA) is 81.1 Å². The molecule has 3 rings (SSSR count). The minimum absolute atomic E-state index is 0.266. The van der Waals surface area contributed by atoms with Gasteiger partial charge >= 0.3 is 0 Å². The summed E-state index contributed by atoms with van der Waals surface area (Å²) >= 11 is 6.17. The molecule has 2 N–H and O–H groups in total. The first kappa shape index (κ1) is 16.7. The maximum Gasteiger partial charge on any atom is 0.273 e. The predicted octanol–water partition coefficient (Wildman–Crippen LogP) is 1.79. The second kappa shape index (κ2) is 7.63. The summed E-state index contributed by atoms with van der Waals surface area (Å²) in [5.41, 5.74) is 1.04. The summed E-state index contributed by atoms with van der Waals surface area (Å²) in [5, 5.41) is 14.7. The smallest absolute Gasteiger partial charge is 0.273 e. The van der Waals surface area contributed by atoms with Crippen LogP contribution < -0.4 is 15.4 Å². The third-order valence-electron chi connectivity index (χ3n) is 4.15. The number of carbonyl (C=O) groups excluding carboxylic acids is 1. The fourth-order valence-corrected chi connectivity index (χ4v) is 3.02. The molecule has 128 valence electrons. The lowest BCUT2D eigenvalue weighted by Gasteiger charge is -2.22. The van der Waals surface area contributed by atoms with Gasteiger partial charge in [0, 0.05) is 17.1 Å². The van der Waals surface area contributed by atoms with Crippen molar-refractivity contribution < 1.29 is 9.53 Å². The molecule has 24 heavy (non-hydrogen) atoms. The molecule has 1 saturated heterocycles. The van der Waals surface area contributed by atoms with Crippen molar-refractivity contribution in [3.63, 3.8) is 0 Å². The van der Waals surface area contributed by atoms with E-state index in [0.29, 0.717) is 22.5 Å². The minimum atomic E-state index is -0.280. The monoisotopic (exact) mass is 349 g/mol. The molecular formula is C16H20ClN5O2. The number of piperidine rings is 1. The van der Waals surface area contributed by atoms with E-state index in [0.717, 1.165) is 31.5 Å². The van der Waals surface area contributed by atoms with Gasteiger partial charge in [0.15, 0.2) is 5.69 Å². The number of hydrogen-bond acceptors (Lipinski definition) is 5. The molecule has 8 heteroatoms. The Kier molecular flexibility index (Phi) is 5.32. The number of nitrogens with zero attached hydrogens (tertiary/aromatic N) is 3. The highest BCUT2D eigenvalue weighted by molar-refractivity contribution is 6.31. The summed E-state index contributed by atoms with van der Waals surface area (Å²) < 4.78 is 7.06. The first-order valence-corrected chi connectivity index (χ1v) is 8.29. The Morgan fingerprint density at radius 1 is 1.46 bits per heavy atom. The van der Waals surface area contributed by atoms with Crippen LogP contribution in [0.15, 0.2) is 24.4 Å². The Morgan fingerprint density at radius 3 is 3.00 bits per heavy atom. The van der Waals surface area contributed by atoms with Crippen LogP contribution in [0.4, 0.5) is 0 Å². The molecule has 1 aliphatic rings. The average Bonchev–Trinajstić information content (AvgIpc) is 3.11. The van der Waals surface area contributed by atoms with Gasteiger partial charge in [-0.2, -0.15) is 0 Å². The van der Waals surface area contributed by atoms with Crippen LogP contribution in [0.3, 0.4) is 0 Å². The Bertz CT molecular complexity index is 712. The van der Waals surface area contributed by atoms with Crippen LogP contribution in [0.25, 0.3) is 0 Å². The number of benzene rings is 1. The van der Waals surface area contributed by atoms with E-state index in [-0.39, 0.29) is 12.5 Å². The zero-order valence-electron chi connectivity index (χ0n) is 13.5. The standard InChI is InChI=1S/C16H20ClN5O2/c1-24-15-4-2-3-13(17)12(15)9-19-16(23)14-10-22(21-20-14)11-5-7-18-8-6-11/h2-4,10-11,18H,5-9H2,1H3,(H,19,23). The fourth-order valence-electron chi connectivity index (χ4n) is 2.79. The minimum Gasteiger partial charge on any atom is -0.496 e. The summed E-state index contributed by atoms with van der Waals surface area (Å²) in [7, 11) is 1.57. The van der Waals surface area contributed by atoms with Gasteiger partial charge < -0.3 is 15.4 Å². The molecule has 1 aromatic carbocycles. The van der Waals surface area contributed by atoms with Crippen molar-refractivity contribution in [2.75, 3.05) is 20.2 Å². The van der Waals surface area contributed by atoms with Gasteiger partial charge in [-0.3, -0.25) is 4.79 Å². The average molecular weight is 350 g/mol. The van der Waals surface area contributed by atoms with E-state index in [2.05, 4.69) is 20.9 Å². The summed E-state index contributed by atoms with van der Waals surface area (Å²) in [6.45, 7) is 2.18. The molecule has 2 heterocycles. The molecule has 1 aromatic heterocycles. The predicted molar refractivity (Wildman–Crippen MR) is 90.3 cm³/mol. The van der Waals surface area contributed by atoms with Crippen molar-refractivity contribution in [3.8, 4) is 5.75 Å².